The minimum absolute atomic E-state index is 0.124. The van der Waals surface area contributed by atoms with Crippen LogP contribution < -0.4 is 10.6 Å². The van der Waals surface area contributed by atoms with Crippen LogP contribution in [0.25, 0.3) is 0 Å². The number of hydrogen-bond acceptors (Lipinski definition) is 2. The molecule has 1 saturated heterocycles. The Hall–Kier alpha value is -1.42. The standard InChI is InChI=1S/C14H19FN2O/c1-9-3-4-12(15)11(7-9)14(18)17-13-5-6-16-8-10(13)2/h3-4,7,10,13,16H,5-6,8H2,1-2H3,(H,17,18)/t10-,13+/m1/s1. The van der Waals surface area contributed by atoms with Gasteiger partial charge in [0.25, 0.3) is 5.91 Å². The smallest absolute Gasteiger partial charge is 0.254 e. The van der Waals surface area contributed by atoms with Crippen molar-refractivity contribution in [1.82, 2.24) is 10.6 Å². The molecule has 2 N–H and O–H groups in total. The van der Waals surface area contributed by atoms with Gasteiger partial charge < -0.3 is 10.6 Å². The summed E-state index contributed by atoms with van der Waals surface area (Å²) in [6.45, 7) is 5.72. The van der Waals surface area contributed by atoms with Crippen LogP contribution in [-0.4, -0.2) is 25.0 Å². The highest BCUT2D eigenvalue weighted by molar-refractivity contribution is 5.94. The van der Waals surface area contributed by atoms with Crippen LogP contribution in [0, 0.1) is 18.7 Å². The van der Waals surface area contributed by atoms with Gasteiger partial charge in [0.2, 0.25) is 0 Å². The summed E-state index contributed by atoms with van der Waals surface area (Å²) in [6, 6.07) is 4.73. The number of halogens is 1. The van der Waals surface area contributed by atoms with Gasteiger partial charge in [-0.05, 0) is 44.5 Å². The van der Waals surface area contributed by atoms with E-state index in [4.69, 9.17) is 0 Å². The summed E-state index contributed by atoms with van der Waals surface area (Å²) >= 11 is 0. The minimum atomic E-state index is -0.459. The van der Waals surface area contributed by atoms with E-state index in [0.717, 1.165) is 25.1 Å². The SMILES string of the molecule is Cc1ccc(F)c(C(=O)N[C@H]2CCNC[C@H]2C)c1. The van der Waals surface area contributed by atoms with Gasteiger partial charge in [0.05, 0.1) is 5.56 Å². The zero-order valence-corrected chi connectivity index (χ0v) is 10.8. The lowest BCUT2D eigenvalue weighted by molar-refractivity contribution is 0.0910. The van der Waals surface area contributed by atoms with Gasteiger partial charge in [-0.2, -0.15) is 0 Å². The van der Waals surface area contributed by atoms with Gasteiger partial charge in [-0.1, -0.05) is 18.6 Å². The van der Waals surface area contributed by atoms with E-state index in [1.807, 2.05) is 6.92 Å². The topological polar surface area (TPSA) is 41.1 Å². The van der Waals surface area contributed by atoms with Crippen LogP contribution in [0.4, 0.5) is 4.39 Å². The molecule has 1 aromatic carbocycles. The predicted octanol–water partition coefficient (Wildman–Crippen LogP) is 1.86. The van der Waals surface area contributed by atoms with Gasteiger partial charge in [-0.3, -0.25) is 4.79 Å². The second-order valence-corrected chi connectivity index (χ2v) is 5.03. The molecule has 0 spiro atoms. The highest BCUT2D eigenvalue weighted by Crippen LogP contribution is 2.14. The third kappa shape index (κ3) is 2.88. The van der Waals surface area contributed by atoms with Gasteiger partial charge in [0.1, 0.15) is 5.82 Å². The van der Waals surface area contributed by atoms with Crippen LogP contribution in [0.3, 0.4) is 0 Å². The first kappa shape index (κ1) is 13.0. The summed E-state index contributed by atoms with van der Waals surface area (Å²) in [4.78, 5) is 12.1. The third-order valence-corrected chi connectivity index (χ3v) is 3.47. The fourth-order valence-electron chi connectivity index (χ4n) is 2.29. The van der Waals surface area contributed by atoms with Crippen molar-refractivity contribution in [3.63, 3.8) is 0 Å². The minimum Gasteiger partial charge on any atom is -0.349 e. The molecule has 1 aliphatic heterocycles. The molecule has 1 fully saturated rings. The zero-order valence-electron chi connectivity index (χ0n) is 10.8. The van der Waals surface area contributed by atoms with Crippen molar-refractivity contribution in [3.8, 4) is 0 Å². The van der Waals surface area contributed by atoms with E-state index in [1.165, 1.54) is 6.07 Å². The molecule has 2 rings (SSSR count). The molecule has 0 aromatic heterocycles. The summed E-state index contributed by atoms with van der Waals surface area (Å²) in [5.74, 6) is -0.398. The molecule has 0 saturated carbocycles. The molecule has 1 amide bonds. The number of hydrogen-bond donors (Lipinski definition) is 2. The molecule has 0 unspecified atom stereocenters. The number of carbonyl (C=O) groups excluding carboxylic acids is 1. The molecule has 0 bridgehead atoms. The van der Waals surface area contributed by atoms with Crippen molar-refractivity contribution in [2.45, 2.75) is 26.3 Å². The van der Waals surface area contributed by atoms with Crippen LogP contribution in [0.1, 0.15) is 29.3 Å². The first-order valence-electron chi connectivity index (χ1n) is 6.35. The Balaban J connectivity index is 2.09. The molecule has 1 aromatic rings. The van der Waals surface area contributed by atoms with Gasteiger partial charge in [-0.25, -0.2) is 4.39 Å². The maximum absolute atomic E-state index is 13.6. The van der Waals surface area contributed by atoms with E-state index in [0.29, 0.717) is 5.92 Å². The fourth-order valence-corrected chi connectivity index (χ4v) is 2.29. The summed E-state index contributed by atoms with van der Waals surface area (Å²) in [5.41, 5.74) is 1.03. The van der Waals surface area contributed by atoms with Crippen LogP contribution in [-0.2, 0) is 0 Å². The highest BCUT2D eigenvalue weighted by atomic mass is 19.1. The van der Waals surface area contributed by atoms with E-state index in [9.17, 15) is 9.18 Å². The summed E-state index contributed by atoms with van der Waals surface area (Å²) < 4.78 is 13.6. The van der Waals surface area contributed by atoms with Crippen LogP contribution in [0.5, 0.6) is 0 Å². The second kappa shape index (κ2) is 5.48. The Morgan fingerprint density at radius 3 is 3.00 bits per heavy atom. The number of rotatable bonds is 2. The lowest BCUT2D eigenvalue weighted by Crippen LogP contribution is -2.48. The first-order valence-corrected chi connectivity index (χ1v) is 6.35. The van der Waals surface area contributed by atoms with Crippen molar-refractivity contribution in [1.29, 1.82) is 0 Å². The normalized spacial score (nSPS) is 23.7. The largest absolute Gasteiger partial charge is 0.349 e. The summed E-state index contributed by atoms with van der Waals surface area (Å²) in [5, 5.41) is 6.21. The third-order valence-electron chi connectivity index (χ3n) is 3.47. The maximum Gasteiger partial charge on any atom is 0.254 e. The maximum atomic E-state index is 13.6. The van der Waals surface area contributed by atoms with Crippen molar-refractivity contribution < 1.29 is 9.18 Å². The van der Waals surface area contributed by atoms with E-state index >= 15 is 0 Å². The van der Waals surface area contributed by atoms with Crippen molar-refractivity contribution in [2.24, 2.45) is 5.92 Å². The average Bonchev–Trinajstić information content (AvgIpc) is 2.35. The van der Waals surface area contributed by atoms with Gasteiger partial charge in [-0.15, -0.1) is 0 Å². The number of aryl methyl sites for hydroxylation is 1. The number of amides is 1. The van der Waals surface area contributed by atoms with Crippen molar-refractivity contribution >= 4 is 5.91 Å². The lowest BCUT2D eigenvalue weighted by atomic mass is 9.95. The lowest BCUT2D eigenvalue weighted by Gasteiger charge is -2.30. The summed E-state index contributed by atoms with van der Waals surface area (Å²) in [6.07, 6.45) is 0.889. The first-order chi connectivity index (χ1) is 8.58. The summed E-state index contributed by atoms with van der Waals surface area (Å²) in [7, 11) is 0. The monoisotopic (exact) mass is 250 g/mol. The number of benzene rings is 1. The molecule has 3 nitrogen and oxygen atoms in total. The van der Waals surface area contributed by atoms with Gasteiger partial charge in [0, 0.05) is 6.04 Å². The molecular weight excluding hydrogens is 231 g/mol. The molecule has 4 heteroatoms. The molecule has 1 heterocycles. The van der Waals surface area contributed by atoms with Crippen LogP contribution in [0.2, 0.25) is 0 Å². The molecule has 2 atom stereocenters. The average molecular weight is 250 g/mol. The Kier molecular flexibility index (Phi) is 3.97. The van der Waals surface area contributed by atoms with Crippen LogP contribution >= 0.6 is 0 Å². The Labute approximate surface area is 107 Å². The Morgan fingerprint density at radius 2 is 2.28 bits per heavy atom. The van der Waals surface area contributed by atoms with E-state index in [2.05, 4.69) is 17.6 Å². The number of carbonyl (C=O) groups is 1. The highest BCUT2D eigenvalue weighted by Gasteiger charge is 2.24. The molecule has 98 valence electrons. The zero-order chi connectivity index (χ0) is 13.1. The fraction of sp³-hybridized carbons (Fsp3) is 0.500. The molecule has 1 aliphatic rings. The van der Waals surface area contributed by atoms with E-state index in [1.54, 1.807) is 12.1 Å². The van der Waals surface area contributed by atoms with Crippen LogP contribution in [0.15, 0.2) is 18.2 Å². The van der Waals surface area contributed by atoms with E-state index < -0.39 is 5.82 Å². The number of piperidine rings is 1. The molecule has 0 radical (unpaired) electrons. The van der Waals surface area contributed by atoms with E-state index in [-0.39, 0.29) is 17.5 Å². The molecule has 18 heavy (non-hydrogen) atoms. The van der Waals surface area contributed by atoms with Crippen molar-refractivity contribution in [3.05, 3.63) is 35.1 Å². The molecule has 0 aliphatic carbocycles. The Bertz CT molecular complexity index is 447. The van der Waals surface area contributed by atoms with Gasteiger partial charge >= 0.3 is 0 Å². The van der Waals surface area contributed by atoms with Crippen molar-refractivity contribution in [2.75, 3.05) is 13.1 Å². The van der Waals surface area contributed by atoms with Gasteiger partial charge in [0.15, 0.2) is 0 Å². The second-order valence-electron chi connectivity index (χ2n) is 5.03. The number of nitrogens with one attached hydrogen (secondary N) is 2. The predicted molar refractivity (Wildman–Crippen MR) is 69.0 cm³/mol. The Morgan fingerprint density at radius 1 is 1.50 bits per heavy atom. The molecular formula is C14H19FN2O. The quantitative estimate of drug-likeness (QED) is 0.841.